The highest BCUT2D eigenvalue weighted by molar-refractivity contribution is 9.10. The summed E-state index contributed by atoms with van der Waals surface area (Å²) in [6.45, 7) is 6.61. The molecule has 1 aliphatic rings. The van der Waals surface area contributed by atoms with E-state index in [0.717, 1.165) is 35.7 Å². The average molecular weight is 374 g/mol. The normalized spacial score (nSPS) is 17.0. The van der Waals surface area contributed by atoms with Crippen molar-refractivity contribution in [3.05, 3.63) is 28.2 Å². The van der Waals surface area contributed by atoms with E-state index < -0.39 is 10.0 Å². The lowest BCUT2D eigenvalue weighted by Crippen LogP contribution is -2.41. The van der Waals surface area contributed by atoms with Crippen molar-refractivity contribution in [1.29, 1.82) is 0 Å². The van der Waals surface area contributed by atoms with Crippen molar-refractivity contribution in [2.45, 2.75) is 57.4 Å². The SMILES string of the molecule is Cc1ccc(Br)cc1S(=O)(=O)N(CC(C)C)C1CCCC1. The molecular formula is C16H24BrNO2S. The molecule has 5 heteroatoms. The van der Waals surface area contributed by atoms with Gasteiger partial charge >= 0.3 is 0 Å². The van der Waals surface area contributed by atoms with E-state index in [2.05, 4.69) is 29.8 Å². The number of aryl methyl sites for hydroxylation is 1. The van der Waals surface area contributed by atoms with Gasteiger partial charge in [-0.05, 0) is 43.4 Å². The van der Waals surface area contributed by atoms with Crippen LogP contribution in [0.4, 0.5) is 0 Å². The van der Waals surface area contributed by atoms with Gasteiger partial charge in [0.05, 0.1) is 4.90 Å². The highest BCUT2D eigenvalue weighted by Gasteiger charge is 2.34. The van der Waals surface area contributed by atoms with Crippen LogP contribution in [0, 0.1) is 12.8 Å². The summed E-state index contributed by atoms with van der Waals surface area (Å²) in [4.78, 5) is 0.435. The highest BCUT2D eigenvalue weighted by atomic mass is 79.9. The first-order chi connectivity index (χ1) is 9.82. The molecule has 2 rings (SSSR count). The molecule has 0 atom stereocenters. The molecule has 0 N–H and O–H groups in total. The first-order valence-corrected chi connectivity index (χ1v) is 9.83. The third-order valence-electron chi connectivity index (χ3n) is 4.01. The Morgan fingerprint density at radius 3 is 2.48 bits per heavy atom. The smallest absolute Gasteiger partial charge is 0.207 e. The van der Waals surface area contributed by atoms with Crippen LogP contribution in [0.25, 0.3) is 0 Å². The molecule has 0 bridgehead atoms. The van der Waals surface area contributed by atoms with Crippen molar-refractivity contribution in [1.82, 2.24) is 4.31 Å². The number of nitrogens with zero attached hydrogens (tertiary/aromatic N) is 1. The van der Waals surface area contributed by atoms with E-state index in [1.807, 2.05) is 19.1 Å². The molecule has 0 aromatic heterocycles. The van der Waals surface area contributed by atoms with E-state index >= 15 is 0 Å². The molecule has 0 heterocycles. The second-order valence-electron chi connectivity index (χ2n) is 6.32. The van der Waals surface area contributed by atoms with Crippen LogP contribution in [-0.2, 0) is 10.0 Å². The van der Waals surface area contributed by atoms with Gasteiger partial charge in [0.25, 0.3) is 0 Å². The maximum absolute atomic E-state index is 13.1. The van der Waals surface area contributed by atoms with Gasteiger partial charge in [-0.2, -0.15) is 4.31 Å². The van der Waals surface area contributed by atoms with Crippen molar-refractivity contribution in [3.8, 4) is 0 Å². The molecular weight excluding hydrogens is 350 g/mol. The molecule has 0 unspecified atom stereocenters. The van der Waals surface area contributed by atoms with Crippen molar-refractivity contribution in [2.75, 3.05) is 6.54 Å². The number of sulfonamides is 1. The largest absolute Gasteiger partial charge is 0.243 e. The van der Waals surface area contributed by atoms with Crippen molar-refractivity contribution in [3.63, 3.8) is 0 Å². The van der Waals surface area contributed by atoms with Crippen LogP contribution in [0.1, 0.15) is 45.1 Å². The van der Waals surface area contributed by atoms with Crippen LogP contribution in [-0.4, -0.2) is 25.3 Å². The minimum absolute atomic E-state index is 0.163. The van der Waals surface area contributed by atoms with Crippen molar-refractivity contribution >= 4 is 26.0 Å². The fraction of sp³-hybridized carbons (Fsp3) is 0.625. The molecule has 0 amide bonds. The first kappa shape index (κ1) is 17.0. The van der Waals surface area contributed by atoms with Crippen molar-refractivity contribution < 1.29 is 8.42 Å². The predicted molar refractivity (Wildman–Crippen MR) is 89.9 cm³/mol. The van der Waals surface area contributed by atoms with Gasteiger partial charge in [-0.3, -0.25) is 0 Å². The summed E-state index contributed by atoms with van der Waals surface area (Å²) in [5.41, 5.74) is 0.810. The summed E-state index contributed by atoms with van der Waals surface area (Å²) in [6, 6.07) is 5.64. The van der Waals surface area contributed by atoms with Gasteiger partial charge in [0.1, 0.15) is 0 Å². The number of hydrogen-bond donors (Lipinski definition) is 0. The topological polar surface area (TPSA) is 37.4 Å². The molecule has 1 saturated carbocycles. The third-order valence-corrected chi connectivity index (χ3v) is 6.57. The zero-order valence-corrected chi connectivity index (χ0v) is 15.4. The Labute approximate surface area is 136 Å². The summed E-state index contributed by atoms with van der Waals surface area (Å²) in [7, 11) is -3.43. The van der Waals surface area contributed by atoms with E-state index in [9.17, 15) is 8.42 Å². The first-order valence-electron chi connectivity index (χ1n) is 7.60. The van der Waals surface area contributed by atoms with Crippen LogP contribution in [0.3, 0.4) is 0 Å². The molecule has 1 fully saturated rings. The summed E-state index contributed by atoms with van der Waals surface area (Å²) < 4.78 is 28.8. The summed E-state index contributed by atoms with van der Waals surface area (Å²) in [6.07, 6.45) is 4.23. The second-order valence-corrected chi connectivity index (χ2v) is 9.09. The number of hydrogen-bond acceptors (Lipinski definition) is 2. The van der Waals surface area contributed by atoms with Gasteiger partial charge in [-0.25, -0.2) is 8.42 Å². The molecule has 1 aromatic rings. The molecule has 118 valence electrons. The molecule has 1 aromatic carbocycles. The Bertz CT molecular complexity index is 592. The van der Waals surface area contributed by atoms with E-state index in [0.29, 0.717) is 17.4 Å². The van der Waals surface area contributed by atoms with Gasteiger partial charge in [-0.15, -0.1) is 0 Å². The molecule has 0 spiro atoms. The minimum Gasteiger partial charge on any atom is -0.207 e. The Morgan fingerprint density at radius 2 is 1.90 bits per heavy atom. The van der Waals surface area contributed by atoms with Crippen LogP contribution in [0.5, 0.6) is 0 Å². The summed E-state index contributed by atoms with van der Waals surface area (Å²) in [5.74, 6) is 0.327. The minimum atomic E-state index is -3.43. The second kappa shape index (κ2) is 6.80. The zero-order valence-electron chi connectivity index (χ0n) is 13.0. The molecule has 0 radical (unpaired) electrons. The summed E-state index contributed by atoms with van der Waals surface area (Å²) >= 11 is 3.39. The fourth-order valence-corrected chi connectivity index (χ4v) is 5.59. The lowest BCUT2D eigenvalue weighted by Gasteiger charge is -2.30. The maximum atomic E-state index is 13.1. The van der Waals surface area contributed by atoms with E-state index in [-0.39, 0.29) is 6.04 Å². The monoisotopic (exact) mass is 373 g/mol. The Morgan fingerprint density at radius 1 is 1.29 bits per heavy atom. The fourth-order valence-electron chi connectivity index (χ4n) is 2.97. The molecule has 0 aliphatic heterocycles. The Balaban J connectivity index is 2.43. The lowest BCUT2D eigenvalue weighted by molar-refractivity contribution is 0.292. The van der Waals surface area contributed by atoms with Crippen LogP contribution >= 0.6 is 15.9 Å². The predicted octanol–water partition coefficient (Wildman–Crippen LogP) is 4.35. The molecule has 3 nitrogen and oxygen atoms in total. The average Bonchev–Trinajstić information content (AvgIpc) is 2.92. The van der Waals surface area contributed by atoms with Gasteiger partial charge in [0.15, 0.2) is 0 Å². The van der Waals surface area contributed by atoms with Crippen molar-refractivity contribution in [2.24, 2.45) is 5.92 Å². The molecule has 1 aliphatic carbocycles. The number of rotatable bonds is 5. The van der Waals surface area contributed by atoms with Crippen LogP contribution < -0.4 is 0 Å². The molecule has 21 heavy (non-hydrogen) atoms. The quantitative estimate of drug-likeness (QED) is 0.769. The van der Waals surface area contributed by atoms with Gasteiger partial charge in [-0.1, -0.05) is 48.7 Å². The van der Waals surface area contributed by atoms with Gasteiger partial charge in [0.2, 0.25) is 10.0 Å². The molecule has 0 saturated heterocycles. The summed E-state index contributed by atoms with van der Waals surface area (Å²) in [5, 5.41) is 0. The standard InChI is InChI=1S/C16H24BrNO2S/c1-12(2)11-18(15-6-4-5-7-15)21(19,20)16-10-14(17)9-8-13(16)3/h8-10,12,15H,4-7,11H2,1-3H3. The Hall–Kier alpha value is -0.390. The van der Waals surface area contributed by atoms with Crippen LogP contribution in [0.2, 0.25) is 0 Å². The highest BCUT2D eigenvalue weighted by Crippen LogP contribution is 2.31. The Kier molecular flexibility index (Phi) is 5.49. The van der Waals surface area contributed by atoms with E-state index in [1.54, 1.807) is 10.4 Å². The van der Waals surface area contributed by atoms with Gasteiger partial charge in [0, 0.05) is 17.1 Å². The van der Waals surface area contributed by atoms with Crippen LogP contribution in [0.15, 0.2) is 27.6 Å². The van der Waals surface area contributed by atoms with E-state index in [1.165, 1.54) is 0 Å². The lowest BCUT2D eigenvalue weighted by atomic mass is 10.2. The van der Waals surface area contributed by atoms with E-state index in [4.69, 9.17) is 0 Å². The number of halogens is 1. The maximum Gasteiger partial charge on any atom is 0.243 e. The number of benzene rings is 1. The van der Waals surface area contributed by atoms with Gasteiger partial charge < -0.3 is 0 Å². The third kappa shape index (κ3) is 3.88. The zero-order chi connectivity index (χ0) is 15.6.